The summed E-state index contributed by atoms with van der Waals surface area (Å²) in [5, 5.41) is 0.774. The van der Waals surface area contributed by atoms with Gasteiger partial charge in [0, 0.05) is 4.70 Å². The summed E-state index contributed by atoms with van der Waals surface area (Å²) in [5.74, 6) is 0.122. The van der Waals surface area contributed by atoms with Gasteiger partial charge in [0.15, 0.2) is 0 Å². The van der Waals surface area contributed by atoms with Crippen LogP contribution in [0.1, 0.15) is 9.67 Å². The van der Waals surface area contributed by atoms with Gasteiger partial charge in [-0.25, -0.2) is 4.79 Å². The molecule has 0 saturated heterocycles. The molecule has 0 radical (unpaired) electrons. The van der Waals surface area contributed by atoms with E-state index in [1.807, 2.05) is 18.2 Å². The molecule has 8 heteroatoms. The van der Waals surface area contributed by atoms with E-state index in [-0.39, 0.29) is 11.7 Å². The van der Waals surface area contributed by atoms with Crippen LogP contribution in [0, 0.1) is 0 Å². The van der Waals surface area contributed by atoms with Crippen molar-refractivity contribution in [3.05, 3.63) is 23.1 Å². The fourth-order valence-electron chi connectivity index (χ4n) is 1.62. The minimum Gasteiger partial charge on any atom is -0.496 e. The number of methoxy groups -OCH3 is 3. The van der Waals surface area contributed by atoms with Crippen molar-refractivity contribution < 1.29 is 23.8 Å². The van der Waals surface area contributed by atoms with Crippen molar-refractivity contribution >= 4 is 51.7 Å². The molecule has 22 heavy (non-hydrogen) atoms. The lowest BCUT2D eigenvalue weighted by Gasteiger charge is -2.02. The number of thiophene rings is 1. The molecule has 0 bridgehead atoms. The highest BCUT2D eigenvalue weighted by Crippen LogP contribution is 2.39. The normalized spacial score (nSPS) is 9.64. The molecule has 0 aliphatic carbocycles. The van der Waals surface area contributed by atoms with Crippen LogP contribution in [0.2, 0.25) is 0 Å². The average molecular weight is 343 g/mol. The number of esters is 2. The number of carbonyl (C=O) groups excluding carboxylic acids is 2. The van der Waals surface area contributed by atoms with Gasteiger partial charge in [-0.05, 0) is 12.1 Å². The molecule has 2 aromatic rings. The van der Waals surface area contributed by atoms with E-state index in [9.17, 15) is 9.59 Å². The van der Waals surface area contributed by atoms with Crippen molar-refractivity contribution in [1.29, 1.82) is 0 Å². The Hall–Kier alpha value is -1.93. The molecule has 0 unspecified atom stereocenters. The number of hydrogen-bond acceptors (Lipinski definition) is 8. The summed E-state index contributed by atoms with van der Waals surface area (Å²) in [7, 11) is 4.24. The molecule has 2 N–H and O–H groups in total. The van der Waals surface area contributed by atoms with E-state index in [1.54, 1.807) is 7.11 Å². The number of thiol groups is 1. The van der Waals surface area contributed by atoms with Crippen molar-refractivity contribution in [2.45, 2.75) is 0 Å². The molecule has 120 valence electrons. The van der Waals surface area contributed by atoms with Gasteiger partial charge in [0.1, 0.15) is 10.6 Å². The molecule has 0 aliphatic rings. The first-order valence-electron chi connectivity index (χ1n) is 6.11. The molecule has 6 nitrogen and oxygen atoms in total. The van der Waals surface area contributed by atoms with Gasteiger partial charge in [0.05, 0.1) is 38.2 Å². The van der Waals surface area contributed by atoms with Crippen LogP contribution in [0.4, 0.5) is 5.69 Å². The van der Waals surface area contributed by atoms with Crippen LogP contribution in [0.15, 0.2) is 18.2 Å². The lowest BCUT2D eigenvalue weighted by atomic mass is 10.2. The van der Waals surface area contributed by atoms with E-state index >= 15 is 0 Å². The maximum absolute atomic E-state index is 11.5. The number of fused-ring (bicyclic) bond motifs is 1. The van der Waals surface area contributed by atoms with Gasteiger partial charge in [-0.15, -0.1) is 11.3 Å². The fourth-order valence-corrected chi connectivity index (χ4v) is 2.81. The zero-order chi connectivity index (χ0) is 16.7. The summed E-state index contributed by atoms with van der Waals surface area (Å²) in [4.78, 5) is 21.8. The highest BCUT2D eigenvalue weighted by atomic mass is 32.1. The third-order valence-corrected chi connectivity index (χ3v) is 4.07. The van der Waals surface area contributed by atoms with Gasteiger partial charge in [-0.2, -0.15) is 12.6 Å². The summed E-state index contributed by atoms with van der Waals surface area (Å²) in [5.41, 5.74) is 6.34. The second kappa shape index (κ2) is 8.50. The second-order valence-electron chi connectivity index (χ2n) is 3.90. The van der Waals surface area contributed by atoms with Gasteiger partial charge in [0.25, 0.3) is 0 Å². The number of hydrogen-bond donors (Lipinski definition) is 2. The third-order valence-electron chi connectivity index (χ3n) is 2.66. The van der Waals surface area contributed by atoms with Crippen LogP contribution in [-0.4, -0.2) is 39.0 Å². The quantitative estimate of drug-likeness (QED) is 0.657. The van der Waals surface area contributed by atoms with E-state index in [2.05, 4.69) is 22.1 Å². The lowest BCUT2D eigenvalue weighted by molar-refractivity contribution is -0.137. The van der Waals surface area contributed by atoms with Crippen LogP contribution in [0.25, 0.3) is 10.1 Å². The molecule has 2 rings (SSSR count). The first-order chi connectivity index (χ1) is 10.5. The number of anilines is 1. The fraction of sp³-hybridized carbons (Fsp3) is 0.286. The number of ether oxygens (including phenoxy) is 3. The highest BCUT2D eigenvalue weighted by Gasteiger charge is 2.18. The van der Waals surface area contributed by atoms with E-state index in [0.717, 1.165) is 10.1 Å². The van der Waals surface area contributed by atoms with Crippen LogP contribution in [-0.2, 0) is 14.3 Å². The third kappa shape index (κ3) is 4.05. The van der Waals surface area contributed by atoms with Gasteiger partial charge in [-0.3, -0.25) is 4.79 Å². The summed E-state index contributed by atoms with van der Waals surface area (Å²) >= 11 is 4.93. The minimum absolute atomic E-state index is 0.163. The molecule has 0 fully saturated rings. The van der Waals surface area contributed by atoms with Gasteiger partial charge < -0.3 is 19.9 Å². The molecular formula is C14H17NO5S2. The minimum atomic E-state index is -0.416. The smallest absolute Gasteiger partial charge is 0.350 e. The number of rotatable bonds is 3. The van der Waals surface area contributed by atoms with Crippen molar-refractivity contribution in [2.75, 3.05) is 32.8 Å². The predicted molar refractivity (Wildman–Crippen MR) is 90.0 cm³/mol. The molecule has 1 aromatic heterocycles. The van der Waals surface area contributed by atoms with Gasteiger partial charge >= 0.3 is 11.9 Å². The molecule has 0 amide bonds. The predicted octanol–water partition coefficient (Wildman–Crippen LogP) is 2.37. The zero-order valence-corrected chi connectivity index (χ0v) is 14.1. The molecular weight excluding hydrogens is 326 g/mol. The molecule has 0 saturated carbocycles. The van der Waals surface area contributed by atoms with E-state index < -0.39 is 5.97 Å². The SMILES string of the molecule is COC(=O)CS.COC(=O)c1sc2cccc(OC)c2c1N. The number of nitrogens with two attached hydrogens (primary N) is 1. The Kier molecular flexibility index (Phi) is 7.00. The van der Waals surface area contributed by atoms with Crippen LogP contribution >= 0.6 is 24.0 Å². The maximum atomic E-state index is 11.5. The second-order valence-corrected chi connectivity index (χ2v) is 5.27. The van der Waals surface area contributed by atoms with Crippen molar-refractivity contribution in [3.63, 3.8) is 0 Å². The van der Waals surface area contributed by atoms with Crippen molar-refractivity contribution in [2.24, 2.45) is 0 Å². The standard InChI is InChI=1S/C11H11NO3S.C3H6O2S/c1-14-6-4-3-5-7-8(6)9(12)10(16-7)11(13)15-2;1-5-3(4)2-6/h3-5H,12H2,1-2H3;6H,2H2,1H3. The van der Waals surface area contributed by atoms with E-state index in [1.165, 1.54) is 25.6 Å². The Bertz CT molecular complexity index is 663. The topological polar surface area (TPSA) is 87.8 Å². The Labute approximate surface area is 137 Å². The summed E-state index contributed by atoms with van der Waals surface area (Å²) in [6.07, 6.45) is 0. The number of nitrogen functional groups attached to an aromatic ring is 1. The van der Waals surface area contributed by atoms with E-state index in [4.69, 9.17) is 10.5 Å². The molecule has 0 aliphatic heterocycles. The largest absolute Gasteiger partial charge is 0.496 e. The van der Waals surface area contributed by atoms with Crippen molar-refractivity contribution in [1.82, 2.24) is 0 Å². The lowest BCUT2D eigenvalue weighted by Crippen LogP contribution is -2.01. The van der Waals surface area contributed by atoms with E-state index in [0.29, 0.717) is 16.3 Å². The molecule has 0 atom stereocenters. The Morgan fingerprint density at radius 2 is 1.91 bits per heavy atom. The Morgan fingerprint density at radius 3 is 2.36 bits per heavy atom. The van der Waals surface area contributed by atoms with Crippen LogP contribution < -0.4 is 10.5 Å². The number of carbonyl (C=O) groups is 2. The zero-order valence-electron chi connectivity index (χ0n) is 12.4. The number of benzene rings is 1. The summed E-state index contributed by atoms with van der Waals surface area (Å²) in [6.45, 7) is 0. The first kappa shape index (κ1) is 18.1. The van der Waals surface area contributed by atoms with Crippen LogP contribution in [0.5, 0.6) is 5.75 Å². The van der Waals surface area contributed by atoms with Gasteiger partial charge in [0.2, 0.25) is 0 Å². The molecule has 1 aromatic carbocycles. The Balaban J connectivity index is 0.000000346. The Morgan fingerprint density at radius 1 is 1.23 bits per heavy atom. The maximum Gasteiger partial charge on any atom is 0.350 e. The summed E-state index contributed by atoms with van der Waals surface area (Å²) < 4.78 is 15.0. The summed E-state index contributed by atoms with van der Waals surface area (Å²) in [6, 6.07) is 5.57. The average Bonchev–Trinajstić information content (AvgIpc) is 2.91. The molecule has 0 spiro atoms. The molecule has 1 heterocycles. The van der Waals surface area contributed by atoms with Gasteiger partial charge in [-0.1, -0.05) is 6.07 Å². The monoisotopic (exact) mass is 343 g/mol. The van der Waals surface area contributed by atoms with Crippen LogP contribution in [0.3, 0.4) is 0 Å². The highest BCUT2D eigenvalue weighted by molar-refractivity contribution is 7.81. The van der Waals surface area contributed by atoms with Crippen molar-refractivity contribution in [3.8, 4) is 5.75 Å². The first-order valence-corrected chi connectivity index (χ1v) is 7.56.